The number of anilines is 1. The van der Waals surface area contributed by atoms with Crippen molar-refractivity contribution in [3.8, 4) is 11.8 Å². The molecule has 2 aliphatic rings. The van der Waals surface area contributed by atoms with E-state index in [0.717, 1.165) is 16.6 Å². The van der Waals surface area contributed by atoms with E-state index in [0.29, 0.717) is 11.8 Å². The first-order valence-electron chi connectivity index (χ1n) is 8.09. The quantitative estimate of drug-likeness (QED) is 0.746. The highest BCUT2D eigenvalue weighted by Gasteiger charge is 2.38. The lowest BCUT2D eigenvalue weighted by Crippen LogP contribution is -2.29. The Labute approximate surface area is 150 Å². The highest BCUT2D eigenvalue weighted by atomic mass is 79.9. The van der Waals surface area contributed by atoms with Gasteiger partial charge in [0, 0.05) is 10.4 Å². The SMILES string of the molecule is N#CCOc1ccc([C@@H]2Nc3c(Br)cccc3[C@H]3C=CC[C@H]32)cc1. The smallest absolute Gasteiger partial charge is 0.174 e. The maximum Gasteiger partial charge on any atom is 0.174 e. The fourth-order valence-corrected chi connectivity index (χ4v) is 4.30. The average Bonchev–Trinajstić information content (AvgIpc) is 3.10. The van der Waals surface area contributed by atoms with E-state index < -0.39 is 0 Å². The molecule has 0 aromatic heterocycles. The molecule has 0 amide bonds. The number of hydrogen-bond donors (Lipinski definition) is 1. The third-order valence-corrected chi connectivity index (χ3v) is 5.55. The molecule has 4 heteroatoms. The molecule has 0 saturated heterocycles. The summed E-state index contributed by atoms with van der Waals surface area (Å²) in [6.45, 7) is 0.0793. The first-order valence-corrected chi connectivity index (χ1v) is 8.88. The van der Waals surface area contributed by atoms with Gasteiger partial charge >= 0.3 is 0 Å². The van der Waals surface area contributed by atoms with Gasteiger partial charge < -0.3 is 10.1 Å². The molecule has 2 aromatic rings. The summed E-state index contributed by atoms with van der Waals surface area (Å²) in [6.07, 6.45) is 5.72. The number of hydrogen-bond acceptors (Lipinski definition) is 3. The lowest BCUT2D eigenvalue weighted by Gasteiger charge is -2.38. The predicted octanol–water partition coefficient (Wildman–Crippen LogP) is 5.18. The first kappa shape index (κ1) is 15.3. The van der Waals surface area contributed by atoms with E-state index >= 15 is 0 Å². The number of rotatable bonds is 3. The lowest BCUT2D eigenvalue weighted by molar-refractivity contribution is 0.367. The summed E-state index contributed by atoms with van der Waals surface area (Å²) >= 11 is 3.68. The van der Waals surface area contributed by atoms with Crippen LogP contribution >= 0.6 is 15.9 Å². The maximum atomic E-state index is 8.61. The van der Waals surface area contributed by atoms with Crippen molar-refractivity contribution < 1.29 is 4.74 Å². The van der Waals surface area contributed by atoms with Crippen molar-refractivity contribution in [2.24, 2.45) is 5.92 Å². The van der Waals surface area contributed by atoms with Gasteiger partial charge in [0.2, 0.25) is 0 Å². The zero-order chi connectivity index (χ0) is 16.5. The van der Waals surface area contributed by atoms with Crippen LogP contribution in [0.2, 0.25) is 0 Å². The molecule has 0 fully saturated rings. The number of benzene rings is 2. The minimum absolute atomic E-state index is 0.0793. The monoisotopic (exact) mass is 380 g/mol. The van der Waals surface area contributed by atoms with Gasteiger partial charge in [0.1, 0.15) is 11.8 Å². The standard InChI is InChI=1S/C20H17BrN2O/c21-18-6-2-5-17-15-3-1-4-16(15)19(23-20(17)18)13-7-9-14(10-8-13)24-12-11-22/h1-3,5-10,15-16,19,23H,4,12H2/t15-,16+,19-/m0/s1. The van der Waals surface area contributed by atoms with Gasteiger partial charge in [0.15, 0.2) is 6.61 Å². The van der Waals surface area contributed by atoms with Crippen LogP contribution in [0.15, 0.2) is 59.1 Å². The van der Waals surface area contributed by atoms with Gasteiger partial charge in [-0.15, -0.1) is 0 Å². The van der Waals surface area contributed by atoms with Gasteiger partial charge in [0.25, 0.3) is 0 Å². The molecule has 1 N–H and O–H groups in total. The Morgan fingerprint density at radius 2 is 2.04 bits per heavy atom. The predicted molar refractivity (Wildman–Crippen MR) is 98.0 cm³/mol. The number of nitrogens with one attached hydrogen (secondary N) is 1. The van der Waals surface area contributed by atoms with Crippen LogP contribution in [0, 0.1) is 17.2 Å². The van der Waals surface area contributed by atoms with Crippen LogP contribution in [0.4, 0.5) is 5.69 Å². The number of fused-ring (bicyclic) bond motifs is 3. The zero-order valence-electron chi connectivity index (χ0n) is 13.1. The summed E-state index contributed by atoms with van der Waals surface area (Å²) in [5, 5.41) is 12.3. The van der Waals surface area contributed by atoms with E-state index in [2.05, 4.69) is 63.7 Å². The number of nitriles is 1. The molecule has 1 aliphatic carbocycles. The minimum Gasteiger partial charge on any atom is -0.479 e. The number of para-hydroxylation sites is 1. The highest BCUT2D eigenvalue weighted by molar-refractivity contribution is 9.10. The number of ether oxygens (including phenoxy) is 1. The highest BCUT2D eigenvalue weighted by Crippen LogP contribution is 2.51. The van der Waals surface area contributed by atoms with Crippen molar-refractivity contribution in [2.75, 3.05) is 11.9 Å². The Hall–Kier alpha value is -2.25. The van der Waals surface area contributed by atoms with Crippen molar-refractivity contribution in [3.05, 3.63) is 70.2 Å². The van der Waals surface area contributed by atoms with Gasteiger partial charge in [-0.3, -0.25) is 0 Å². The molecule has 0 bridgehead atoms. The summed E-state index contributed by atoms with van der Waals surface area (Å²) in [5.41, 5.74) is 3.81. The van der Waals surface area contributed by atoms with Crippen LogP contribution in [0.3, 0.4) is 0 Å². The van der Waals surface area contributed by atoms with Crippen molar-refractivity contribution in [1.29, 1.82) is 5.26 Å². The van der Waals surface area contributed by atoms with Gasteiger partial charge in [0.05, 0.1) is 11.7 Å². The van der Waals surface area contributed by atoms with E-state index in [1.54, 1.807) is 0 Å². The van der Waals surface area contributed by atoms with Crippen LogP contribution in [-0.4, -0.2) is 6.61 Å². The van der Waals surface area contributed by atoms with Gasteiger partial charge in [-0.1, -0.05) is 36.4 Å². The van der Waals surface area contributed by atoms with Crippen LogP contribution in [0.5, 0.6) is 5.75 Å². The third kappa shape index (κ3) is 2.59. The molecule has 120 valence electrons. The number of halogens is 1. The molecular weight excluding hydrogens is 364 g/mol. The van der Waals surface area contributed by atoms with E-state index in [4.69, 9.17) is 10.00 Å². The fraction of sp³-hybridized carbons (Fsp3) is 0.250. The molecular formula is C20H17BrN2O. The van der Waals surface area contributed by atoms with Crippen LogP contribution in [0.1, 0.15) is 29.5 Å². The topological polar surface area (TPSA) is 45.0 Å². The second-order valence-electron chi connectivity index (χ2n) is 6.20. The van der Waals surface area contributed by atoms with Crippen molar-refractivity contribution in [3.63, 3.8) is 0 Å². The lowest BCUT2D eigenvalue weighted by atomic mass is 9.77. The second-order valence-corrected chi connectivity index (χ2v) is 7.05. The molecule has 24 heavy (non-hydrogen) atoms. The Balaban J connectivity index is 1.67. The molecule has 0 unspecified atom stereocenters. The Morgan fingerprint density at radius 3 is 2.83 bits per heavy atom. The van der Waals surface area contributed by atoms with Crippen molar-refractivity contribution in [2.45, 2.75) is 18.4 Å². The third-order valence-electron chi connectivity index (χ3n) is 4.89. The summed E-state index contributed by atoms with van der Waals surface area (Å²) in [5.74, 6) is 1.72. The number of nitrogens with zero attached hydrogens (tertiary/aromatic N) is 1. The Kier molecular flexibility index (Phi) is 4.03. The zero-order valence-corrected chi connectivity index (χ0v) is 14.7. The fourth-order valence-electron chi connectivity index (χ4n) is 3.80. The number of allylic oxidation sites excluding steroid dienone is 2. The molecule has 4 rings (SSSR count). The molecule has 0 saturated carbocycles. The molecule has 0 spiro atoms. The maximum absolute atomic E-state index is 8.61. The normalized spacial score (nSPS) is 23.8. The van der Waals surface area contributed by atoms with Crippen LogP contribution in [-0.2, 0) is 0 Å². The van der Waals surface area contributed by atoms with E-state index in [1.165, 1.54) is 16.8 Å². The second kappa shape index (κ2) is 6.33. The summed E-state index contributed by atoms with van der Waals surface area (Å²) < 4.78 is 6.47. The summed E-state index contributed by atoms with van der Waals surface area (Å²) in [7, 11) is 0. The molecule has 1 heterocycles. The molecule has 1 aliphatic heterocycles. The van der Waals surface area contributed by atoms with Crippen LogP contribution in [0.25, 0.3) is 0 Å². The molecule has 2 aromatic carbocycles. The Bertz CT molecular complexity index is 823. The van der Waals surface area contributed by atoms with E-state index in [9.17, 15) is 0 Å². The molecule has 3 nitrogen and oxygen atoms in total. The summed E-state index contributed by atoms with van der Waals surface area (Å²) in [4.78, 5) is 0. The van der Waals surface area contributed by atoms with Crippen molar-refractivity contribution in [1.82, 2.24) is 0 Å². The van der Waals surface area contributed by atoms with Crippen LogP contribution < -0.4 is 10.1 Å². The largest absolute Gasteiger partial charge is 0.479 e. The minimum atomic E-state index is 0.0793. The van der Waals surface area contributed by atoms with Gasteiger partial charge in [-0.25, -0.2) is 0 Å². The van der Waals surface area contributed by atoms with E-state index in [-0.39, 0.29) is 12.6 Å². The first-order chi connectivity index (χ1) is 11.8. The molecule has 3 atom stereocenters. The molecule has 0 radical (unpaired) electrons. The summed E-state index contributed by atoms with van der Waals surface area (Å²) in [6, 6.07) is 16.8. The van der Waals surface area contributed by atoms with Gasteiger partial charge in [-0.2, -0.15) is 5.26 Å². The van der Waals surface area contributed by atoms with Crippen molar-refractivity contribution >= 4 is 21.6 Å². The average molecular weight is 381 g/mol. The van der Waals surface area contributed by atoms with E-state index in [1.807, 2.05) is 18.2 Å². The van der Waals surface area contributed by atoms with Gasteiger partial charge in [-0.05, 0) is 57.6 Å². The Morgan fingerprint density at radius 1 is 1.21 bits per heavy atom.